The minimum atomic E-state index is 0.0397. The Balaban J connectivity index is 1.56. The second-order valence-electron chi connectivity index (χ2n) is 9.11. The summed E-state index contributed by atoms with van der Waals surface area (Å²) in [7, 11) is 2.29. The number of urea groups is 1. The lowest BCUT2D eigenvalue weighted by Gasteiger charge is -2.52. The number of nitrogens with zero attached hydrogens (tertiary/aromatic N) is 2. The summed E-state index contributed by atoms with van der Waals surface area (Å²) < 4.78 is 0. The van der Waals surface area contributed by atoms with Crippen LogP contribution in [0.15, 0.2) is 30.3 Å². The van der Waals surface area contributed by atoms with Crippen molar-refractivity contribution < 1.29 is 4.79 Å². The van der Waals surface area contributed by atoms with Gasteiger partial charge in [0.2, 0.25) is 0 Å². The van der Waals surface area contributed by atoms with E-state index in [4.69, 9.17) is 0 Å². The van der Waals surface area contributed by atoms with Crippen LogP contribution in [0, 0.1) is 5.92 Å². The minimum Gasteiger partial charge on any atom is -0.336 e. The van der Waals surface area contributed by atoms with E-state index >= 15 is 0 Å². The fourth-order valence-electron chi connectivity index (χ4n) is 5.62. The number of hydrogen-bond donors (Lipinski definition) is 1. The van der Waals surface area contributed by atoms with E-state index in [1.165, 1.54) is 31.2 Å². The van der Waals surface area contributed by atoms with Crippen molar-refractivity contribution in [2.24, 2.45) is 5.92 Å². The molecular formula is C23H35N3O. The average molecular weight is 370 g/mol. The summed E-state index contributed by atoms with van der Waals surface area (Å²) in [6, 6.07) is 11.2. The predicted octanol–water partition coefficient (Wildman–Crippen LogP) is 4.36. The number of carbonyl (C=O) groups is 1. The van der Waals surface area contributed by atoms with Gasteiger partial charge in [-0.3, -0.25) is 4.90 Å². The van der Waals surface area contributed by atoms with Gasteiger partial charge in [-0.05, 0) is 70.0 Å². The molecule has 148 valence electrons. The van der Waals surface area contributed by atoms with Crippen molar-refractivity contribution in [3.8, 4) is 0 Å². The van der Waals surface area contributed by atoms with Crippen molar-refractivity contribution in [2.75, 3.05) is 26.7 Å². The van der Waals surface area contributed by atoms with Gasteiger partial charge in [-0.1, -0.05) is 43.7 Å². The summed E-state index contributed by atoms with van der Waals surface area (Å²) >= 11 is 0. The molecule has 1 aromatic carbocycles. The molecule has 4 nitrogen and oxygen atoms in total. The Hall–Kier alpha value is -1.55. The van der Waals surface area contributed by atoms with Gasteiger partial charge in [0, 0.05) is 18.6 Å². The number of carbonyl (C=O) groups excluding carboxylic acids is 1. The maximum absolute atomic E-state index is 12.6. The zero-order valence-electron chi connectivity index (χ0n) is 17.0. The molecule has 1 N–H and O–H groups in total. The monoisotopic (exact) mass is 369 g/mol. The number of nitrogens with one attached hydrogen (secondary N) is 1. The van der Waals surface area contributed by atoms with Crippen molar-refractivity contribution in [1.82, 2.24) is 15.1 Å². The summed E-state index contributed by atoms with van der Waals surface area (Å²) in [5.41, 5.74) is 1.59. The summed E-state index contributed by atoms with van der Waals surface area (Å²) in [4.78, 5) is 17.4. The normalized spacial score (nSPS) is 31.4. The smallest absolute Gasteiger partial charge is 0.318 e. The predicted molar refractivity (Wildman–Crippen MR) is 110 cm³/mol. The first kappa shape index (κ1) is 18.8. The Kier molecular flexibility index (Phi) is 5.19. The molecule has 1 heterocycles. The van der Waals surface area contributed by atoms with Gasteiger partial charge in [0.25, 0.3) is 0 Å². The van der Waals surface area contributed by atoms with Crippen LogP contribution in [0.1, 0.15) is 63.9 Å². The molecule has 0 unspecified atom stereocenters. The Morgan fingerprint density at radius 3 is 2.44 bits per heavy atom. The zero-order chi connectivity index (χ0) is 18.9. The molecule has 1 saturated heterocycles. The lowest BCUT2D eigenvalue weighted by Crippen LogP contribution is -2.57. The number of rotatable bonds is 6. The van der Waals surface area contributed by atoms with Crippen LogP contribution in [-0.4, -0.2) is 48.1 Å². The summed E-state index contributed by atoms with van der Waals surface area (Å²) in [5, 5.41) is 3.18. The largest absolute Gasteiger partial charge is 0.336 e. The molecule has 2 amide bonds. The van der Waals surface area contributed by atoms with Crippen molar-refractivity contribution in [3.05, 3.63) is 35.9 Å². The van der Waals surface area contributed by atoms with Crippen LogP contribution < -0.4 is 5.32 Å². The van der Waals surface area contributed by atoms with Crippen molar-refractivity contribution >= 4 is 6.03 Å². The third-order valence-corrected chi connectivity index (χ3v) is 7.66. The maximum atomic E-state index is 12.6. The molecule has 1 spiro atoms. The Morgan fingerprint density at radius 1 is 1.15 bits per heavy atom. The van der Waals surface area contributed by atoms with Crippen LogP contribution in [0.2, 0.25) is 0 Å². The van der Waals surface area contributed by atoms with Crippen molar-refractivity contribution in [2.45, 2.75) is 69.4 Å². The number of hydrogen-bond acceptors (Lipinski definition) is 2. The lowest BCUT2D eigenvalue weighted by molar-refractivity contribution is 0.00590. The lowest BCUT2D eigenvalue weighted by atomic mass is 9.68. The van der Waals surface area contributed by atoms with Crippen LogP contribution in [0.25, 0.3) is 0 Å². The Labute approximate surface area is 164 Å². The van der Waals surface area contributed by atoms with Gasteiger partial charge >= 0.3 is 6.03 Å². The third kappa shape index (κ3) is 3.26. The number of benzene rings is 1. The number of amides is 2. The van der Waals surface area contributed by atoms with E-state index in [9.17, 15) is 4.79 Å². The molecule has 2 aliphatic carbocycles. The van der Waals surface area contributed by atoms with Crippen LogP contribution in [0.4, 0.5) is 4.79 Å². The molecular weight excluding hydrogens is 334 g/mol. The SMILES string of the molecule is CCCN(C)C1(c2ccccc2)CCC2(CC1)CNC(=O)N2CC1CCC1. The van der Waals surface area contributed by atoms with Gasteiger partial charge in [-0.15, -0.1) is 0 Å². The quantitative estimate of drug-likeness (QED) is 0.808. The third-order valence-electron chi connectivity index (χ3n) is 7.66. The van der Waals surface area contributed by atoms with Gasteiger partial charge in [-0.25, -0.2) is 4.79 Å². The minimum absolute atomic E-state index is 0.0397. The molecule has 27 heavy (non-hydrogen) atoms. The molecule has 3 fully saturated rings. The highest BCUT2D eigenvalue weighted by atomic mass is 16.2. The topological polar surface area (TPSA) is 35.6 Å². The Morgan fingerprint density at radius 2 is 1.85 bits per heavy atom. The molecule has 0 aromatic heterocycles. The van der Waals surface area contributed by atoms with Crippen molar-refractivity contribution in [3.63, 3.8) is 0 Å². The van der Waals surface area contributed by atoms with Crippen LogP contribution in [0.3, 0.4) is 0 Å². The van der Waals surface area contributed by atoms with Gasteiger partial charge in [0.15, 0.2) is 0 Å². The molecule has 3 aliphatic rings. The first-order chi connectivity index (χ1) is 13.1. The van der Waals surface area contributed by atoms with Crippen LogP contribution in [-0.2, 0) is 5.54 Å². The standard InChI is InChI=1S/C23H35N3O/c1-3-16-25(2)23(20-10-5-4-6-11-20)14-12-22(13-15-23)18-24-21(27)26(22)17-19-8-7-9-19/h4-6,10-11,19H,3,7-9,12-18H2,1-2H3,(H,24,27). The Bertz CT molecular complexity index is 647. The van der Waals surface area contributed by atoms with Gasteiger partial charge in [0.1, 0.15) is 0 Å². The fraction of sp³-hybridized carbons (Fsp3) is 0.696. The highest BCUT2D eigenvalue weighted by molar-refractivity contribution is 5.78. The van der Waals surface area contributed by atoms with E-state index in [0.717, 1.165) is 51.2 Å². The molecule has 0 radical (unpaired) electrons. The fourth-order valence-corrected chi connectivity index (χ4v) is 5.62. The van der Waals surface area contributed by atoms with E-state index in [2.05, 4.69) is 59.4 Å². The molecule has 2 saturated carbocycles. The van der Waals surface area contributed by atoms with E-state index < -0.39 is 0 Å². The van der Waals surface area contributed by atoms with Gasteiger partial charge in [0.05, 0.1) is 5.54 Å². The first-order valence-corrected chi connectivity index (χ1v) is 10.9. The molecule has 1 aliphatic heterocycles. The summed E-state index contributed by atoms with van der Waals surface area (Å²) in [6.07, 6.45) is 9.56. The highest BCUT2D eigenvalue weighted by Crippen LogP contribution is 2.48. The summed E-state index contributed by atoms with van der Waals surface area (Å²) in [6.45, 7) is 5.18. The van der Waals surface area contributed by atoms with E-state index in [0.29, 0.717) is 0 Å². The second-order valence-corrected chi connectivity index (χ2v) is 9.11. The zero-order valence-corrected chi connectivity index (χ0v) is 17.0. The average Bonchev–Trinajstić information content (AvgIpc) is 2.96. The van der Waals surface area contributed by atoms with E-state index in [-0.39, 0.29) is 17.1 Å². The molecule has 0 bridgehead atoms. The molecule has 0 atom stereocenters. The maximum Gasteiger partial charge on any atom is 0.318 e. The van der Waals surface area contributed by atoms with Crippen LogP contribution in [0.5, 0.6) is 0 Å². The van der Waals surface area contributed by atoms with Crippen molar-refractivity contribution in [1.29, 1.82) is 0 Å². The van der Waals surface area contributed by atoms with Gasteiger partial charge in [-0.2, -0.15) is 0 Å². The van der Waals surface area contributed by atoms with E-state index in [1.54, 1.807) is 0 Å². The molecule has 4 rings (SSSR count). The van der Waals surface area contributed by atoms with Gasteiger partial charge < -0.3 is 10.2 Å². The molecule has 4 heteroatoms. The van der Waals surface area contributed by atoms with Crippen LogP contribution >= 0.6 is 0 Å². The summed E-state index contributed by atoms with van der Waals surface area (Å²) in [5.74, 6) is 0.731. The highest BCUT2D eigenvalue weighted by Gasteiger charge is 2.52. The first-order valence-electron chi connectivity index (χ1n) is 10.9. The second kappa shape index (κ2) is 7.46. The van der Waals surface area contributed by atoms with E-state index in [1.807, 2.05) is 0 Å². The molecule has 1 aromatic rings.